The van der Waals surface area contributed by atoms with E-state index in [0.717, 1.165) is 36.8 Å². The Kier molecular flexibility index (Phi) is 4.83. The zero-order valence-electron chi connectivity index (χ0n) is 13.2. The quantitative estimate of drug-likeness (QED) is 0.813. The van der Waals surface area contributed by atoms with Crippen LogP contribution in [0.3, 0.4) is 0 Å². The van der Waals surface area contributed by atoms with Crippen LogP contribution in [0.5, 0.6) is 0 Å². The lowest BCUT2D eigenvalue weighted by Gasteiger charge is -2.22. The molecule has 0 atom stereocenters. The van der Waals surface area contributed by atoms with Crippen LogP contribution in [0, 0.1) is 13.8 Å². The fourth-order valence-corrected chi connectivity index (χ4v) is 3.21. The van der Waals surface area contributed by atoms with Gasteiger partial charge in [0.1, 0.15) is 0 Å². The van der Waals surface area contributed by atoms with E-state index in [4.69, 9.17) is 5.73 Å². The molecule has 1 saturated carbocycles. The average Bonchev–Trinajstić information content (AvgIpc) is 3.03. The summed E-state index contributed by atoms with van der Waals surface area (Å²) in [5, 5.41) is 4.22. The molecule has 1 aromatic heterocycles. The first-order chi connectivity index (χ1) is 9.99. The lowest BCUT2D eigenvalue weighted by molar-refractivity contribution is -0.126. The first kappa shape index (κ1) is 16.8. The molecular weight excluding hydrogens is 298 g/mol. The Bertz CT molecular complexity index is 687. The zero-order chi connectivity index (χ0) is 15.0. The van der Waals surface area contributed by atoms with E-state index in [1.165, 1.54) is 16.6 Å². The molecule has 0 bridgehead atoms. The van der Waals surface area contributed by atoms with Gasteiger partial charge in [-0.3, -0.25) is 4.79 Å². The van der Waals surface area contributed by atoms with Crippen LogP contribution >= 0.6 is 12.4 Å². The lowest BCUT2D eigenvalue weighted by atomic mass is 9.98. The number of aryl methyl sites for hydroxylation is 2. The number of benzene rings is 1. The molecule has 1 aliphatic rings. The molecule has 5 heteroatoms. The van der Waals surface area contributed by atoms with Gasteiger partial charge in [0.25, 0.3) is 0 Å². The summed E-state index contributed by atoms with van der Waals surface area (Å²) in [5.74, 6) is -0.0120. The Morgan fingerprint density at radius 3 is 2.68 bits per heavy atom. The summed E-state index contributed by atoms with van der Waals surface area (Å²) in [6.07, 6.45) is 3.71. The lowest BCUT2D eigenvalue weighted by Crippen LogP contribution is -2.51. The summed E-state index contributed by atoms with van der Waals surface area (Å²) in [7, 11) is 0. The van der Waals surface area contributed by atoms with Gasteiger partial charge in [0.15, 0.2) is 0 Å². The minimum absolute atomic E-state index is 0. The van der Waals surface area contributed by atoms with Crippen molar-refractivity contribution in [1.82, 2.24) is 10.3 Å². The third-order valence-corrected chi connectivity index (χ3v) is 4.77. The summed E-state index contributed by atoms with van der Waals surface area (Å²) in [5.41, 5.74) is 10.2. The molecule has 0 saturated heterocycles. The molecule has 2 aromatic rings. The SMILES string of the molecule is Cc1[nH]c2ccc(CNC(=O)C3(N)CCCC3)cc2c1C.Cl. The van der Waals surface area contributed by atoms with E-state index in [9.17, 15) is 4.79 Å². The Labute approximate surface area is 137 Å². The third-order valence-electron chi connectivity index (χ3n) is 4.77. The highest BCUT2D eigenvalue weighted by atomic mass is 35.5. The molecule has 1 aliphatic carbocycles. The molecule has 22 heavy (non-hydrogen) atoms. The van der Waals surface area contributed by atoms with Crippen molar-refractivity contribution in [3.63, 3.8) is 0 Å². The average molecular weight is 322 g/mol. The van der Waals surface area contributed by atoms with E-state index in [1.54, 1.807) is 0 Å². The highest BCUT2D eigenvalue weighted by molar-refractivity contribution is 5.87. The van der Waals surface area contributed by atoms with Crippen molar-refractivity contribution >= 4 is 29.2 Å². The maximum atomic E-state index is 12.2. The Morgan fingerprint density at radius 1 is 1.32 bits per heavy atom. The van der Waals surface area contributed by atoms with Gasteiger partial charge >= 0.3 is 0 Å². The number of halogens is 1. The number of aromatic nitrogens is 1. The summed E-state index contributed by atoms with van der Waals surface area (Å²) in [6.45, 7) is 4.73. The number of nitrogens with one attached hydrogen (secondary N) is 2. The smallest absolute Gasteiger partial charge is 0.240 e. The van der Waals surface area contributed by atoms with Crippen molar-refractivity contribution in [3.05, 3.63) is 35.0 Å². The van der Waals surface area contributed by atoms with Gasteiger partial charge in [-0.2, -0.15) is 0 Å². The molecule has 0 spiro atoms. The largest absolute Gasteiger partial charge is 0.358 e. The topological polar surface area (TPSA) is 70.9 Å². The van der Waals surface area contributed by atoms with E-state index in [1.807, 2.05) is 0 Å². The van der Waals surface area contributed by atoms with E-state index >= 15 is 0 Å². The number of carbonyl (C=O) groups excluding carboxylic acids is 1. The minimum Gasteiger partial charge on any atom is -0.358 e. The van der Waals surface area contributed by atoms with Gasteiger partial charge in [0.2, 0.25) is 5.91 Å². The number of aromatic amines is 1. The number of H-pyrrole nitrogens is 1. The first-order valence-corrected chi connectivity index (χ1v) is 7.65. The normalized spacial score (nSPS) is 16.5. The highest BCUT2D eigenvalue weighted by Crippen LogP contribution is 2.27. The number of rotatable bonds is 3. The van der Waals surface area contributed by atoms with Crippen LogP contribution < -0.4 is 11.1 Å². The van der Waals surface area contributed by atoms with Crippen LogP contribution in [-0.2, 0) is 11.3 Å². The van der Waals surface area contributed by atoms with Crippen molar-refractivity contribution in [3.8, 4) is 0 Å². The molecule has 0 aliphatic heterocycles. The molecule has 4 nitrogen and oxygen atoms in total. The predicted molar refractivity (Wildman–Crippen MR) is 92.3 cm³/mol. The zero-order valence-corrected chi connectivity index (χ0v) is 14.0. The molecule has 4 N–H and O–H groups in total. The van der Waals surface area contributed by atoms with Crippen molar-refractivity contribution in [1.29, 1.82) is 0 Å². The fourth-order valence-electron chi connectivity index (χ4n) is 3.21. The molecule has 3 rings (SSSR count). The van der Waals surface area contributed by atoms with Crippen molar-refractivity contribution < 1.29 is 4.79 Å². The molecule has 1 aromatic carbocycles. The van der Waals surface area contributed by atoms with E-state index in [0.29, 0.717) is 6.54 Å². The van der Waals surface area contributed by atoms with Crippen molar-refractivity contribution in [2.75, 3.05) is 0 Å². The van der Waals surface area contributed by atoms with Gasteiger partial charge < -0.3 is 16.0 Å². The maximum absolute atomic E-state index is 12.2. The fraction of sp³-hybridized carbons (Fsp3) is 0.471. The number of amides is 1. The van der Waals surface area contributed by atoms with Gasteiger partial charge in [-0.05, 0) is 49.9 Å². The molecule has 120 valence electrons. The number of hydrogen-bond donors (Lipinski definition) is 3. The Balaban J connectivity index is 0.00000176. The summed E-state index contributed by atoms with van der Waals surface area (Å²) < 4.78 is 0. The summed E-state index contributed by atoms with van der Waals surface area (Å²) in [4.78, 5) is 15.6. The van der Waals surface area contributed by atoms with Gasteiger partial charge in [0.05, 0.1) is 5.54 Å². The van der Waals surface area contributed by atoms with Crippen LogP contribution in [0.2, 0.25) is 0 Å². The molecule has 1 heterocycles. The Hall–Kier alpha value is -1.52. The first-order valence-electron chi connectivity index (χ1n) is 7.65. The van der Waals surface area contributed by atoms with Crippen LogP contribution in [0.15, 0.2) is 18.2 Å². The summed E-state index contributed by atoms with van der Waals surface area (Å²) >= 11 is 0. The number of fused-ring (bicyclic) bond motifs is 1. The highest BCUT2D eigenvalue weighted by Gasteiger charge is 2.36. The molecule has 0 unspecified atom stereocenters. The standard InChI is InChI=1S/C17H23N3O.ClH/c1-11-12(2)20-15-6-5-13(9-14(11)15)10-19-16(21)17(18)7-3-4-8-17;/h5-6,9,20H,3-4,7-8,10,18H2,1-2H3,(H,19,21);1H. The van der Waals surface area contributed by atoms with Crippen molar-refractivity contribution in [2.45, 2.75) is 51.6 Å². The molecular formula is C17H24ClN3O. The predicted octanol–water partition coefficient (Wildman–Crippen LogP) is 3.09. The minimum atomic E-state index is -0.648. The molecule has 1 fully saturated rings. The second-order valence-corrected chi connectivity index (χ2v) is 6.30. The van der Waals surface area contributed by atoms with Gasteiger partial charge in [-0.25, -0.2) is 0 Å². The van der Waals surface area contributed by atoms with Crippen molar-refractivity contribution in [2.24, 2.45) is 5.73 Å². The van der Waals surface area contributed by atoms with E-state index in [2.05, 4.69) is 42.3 Å². The third kappa shape index (κ3) is 2.99. The van der Waals surface area contributed by atoms with Gasteiger partial charge in [-0.15, -0.1) is 12.4 Å². The van der Waals surface area contributed by atoms with Gasteiger partial charge in [-0.1, -0.05) is 18.9 Å². The number of hydrogen-bond acceptors (Lipinski definition) is 2. The molecule has 0 radical (unpaired) electrons. The number of nitrogens with two attached hydrogens (primary N) is 1. The van der Waals surface area contributed by atoms with E-state index < -0.39 is 5.54 Å². The van der Waals surface area contributed by atoms with Crippen LogP contribution in [0.25, 0.3) is 10.9 Å². The van der Waals surface area contributed by atoms with Crippen LogP contribution in [-0.4, -0.2) is 16.4 Å². The number of carbonyl (C=O) groups is 1. The maximum Gasteiger partial charge on any atom is 0.240 e. The second kappa shape index (κ2) is 6.31. The Morgan fingerprint density at radius 2 is 2.00 bits per heavy atom. The monoisotopic (exact) mass is 321 g/mol. The van der Waals surface area contributed by atoms with Crippen LogP contribution in [0.1, 0.15) is 42.5 Å². The van der Waals surface area contributed by atoms with E-state index in [-0.39, 0.29) is 18.3 Å². The molecule has 1 amide bonds. The second-order valence-electron chi connectivity index (χ2n) is 6.30. The van der Waals surface area contributed by atoms with Gasteiger partial charge in [0, 0.05) is 23.1 Å². The summed E-state index contributed by atoms with van der Waals surface area (Å²) in [6, 6.07) is 6.27. The van der Waals surface area contributed by atoms with Crippen LogP contribution in [0.4, 0.5) is 0 Å².